The molecule has 23 heavy (non-hydrogen) atoms. The largest absolute Gasteiger partial charge is 0.355 e. The number of carbonyl (C=O) groups is 1. The van der Waals surface area contributed by atoms with E-state index in [0.717, 1.165) is 61.2 Å². The van der Waals surface area contributed by atoms with Crippen LogP contribution in [0.3, 0.4) is 0 Å². The number of piperidine rings is 1. The Hall–Kier alpha value is -1.69. The molecule has 1 atom stereocenters. The molecule has 2 aromatic rings. The smallest absolute Gasteiger partial charge is 0.225 e. The second kappa shape index (κ2) is 6.07. The minimum absolute atomic E-state index is 0.0821. The Morgan fingerprint density at radius 2 is 2.26 bits per heavy atom. The summed E-state index contributed by atoms with van der Waals surface area (Å²) in [6, 6.07) is 2.65. The Kier molecular flexibility index (Phi) is 3.93. The van der Waals surface area contributed by atoms with E-state index < -0.39 is 0 Å². The van der Waals surface area contributed by atoms with Gasteiger partial charge in [0.05, 0.1) is 11.3 Å². The zero-order valence-electron chi connectivity index (χ0n) is 13.4. The van der Waals surface area contributed by atoms with Crippen LogP contribution >= 0.6 is 11.3 Å². The molecule has 0 radical (unpaired) electrons. The van der Waals surface area contributed by atoms with Crippen LogP contribution in [0.4, 0.5) is 5.82 Å². The number of carbonyl (C=O) groups excluding carboxylic acids is 1. The third-order valence-electron chi connectivity index (χ3n) is 4.72. The van der Waals surface area contributed by atoms with Crippen molar-refractivity contribution in [2.24, 2.45) is 5.92 Å². The molecular formula is C17H22N4OS. The molecule has 0 unspecified atom stereocenters. The molecule has 0 bridgehead atoms. The summed E-state index contributed by atoms with van der Waals surface area (Å²) in [5.41, 5.74) is 0. The van der Waals surface area contributed by atoms with Gasteiger partial charge in [-0.15, -0.1) is 11.3 Å². The summed E-state index contributed by atoms with van der Waals surface area (Å²) < 4.78 is 0. The van der Waals surface area contributed by atoms with Crippen LogP contribution in [-0.4, -0.2) is 35.0 Å². The van der Waals surface area contributed by atoms with Crippen LogP contribution in [0, 0.1) is 5.92 Å². The number of aryl methyl sites for hydroxylation is 1. The van der Waals surface area contributed by atoms with E-state index in [2.05, 4.69) is 33.2 Å². The Bertz CT molecular complexity index is 724. The van der Waals surface area contributed by atoms with E-state index in [1.807, 2.05) is 0 Å². The number of thiophene rings is 1. The van der Waals surface area contributed by atoms with Crippen LogP contribution < -0.4 is 10.2 Å². The first kappa shape index (κ1) is 14.9. The van der Waals surface area contributed by atoms with Crippen LogP contribution in [0.2, 0.25) is 0 Å². The molecule has 1 aliphatic heterocycles. The maximum atomic E-state index is 12.4. The van der Waals surface area contributed by atoms with Crippen molar-refractivity contribution in [3.63, 3.8) is 0 Å². The lowest BCUT2D eigenvalue weighted by Gasteiger charge is -2.33. The van der Waals surface area contributed by atoms with E-state index in [9.17, 15) is 4.79 Å². The zero-order chi connectivity index (χ0) is 15.8. The van der Waals surface area contributed by atoms with Gasteiger partial charge in [-0.25, -0.2) is 9.97 Å². The molecule has 0 spiro atoms. The molecule has 3 heterocycles. The summed E-state index contributed by atoms with van der Waals surface area (Å²) in [4.78, 5) is 26.0. The minimum atomic E-state index is 0.0821. The van der Waals surface area contributed by atoms with Crippen LogP contribution in [0.5, 0.6) is 0 Å². The minimum Gasteiger partial charge on any atom is -0.355 e. The Balaban J connectivity index is 1.56. The summed E-state index contributed by atoms with van der Waals surface area (Å²) in [7, 11) is 0. The molecule has 1 saturated carbocycles. The fourth-order valence-corrected chi connectivity index (χ4v) is 4.18. The van der Waals surface area contributed by atoms with Crippen molar-refractivity contribution in [3.05, 3.63) is 17.3 Å². The van der Waals surface area contributed by atoms with E-state index in [4.69, 9.17) is 0 Å². The highest BCUT2D eigenvalue weighted by Gasteiger charge is 2.31. The molecule has 122 valence electrons. The number of fused-ring (bicyclic) bond motifs is 1. The molecule has 4 rings (SSSR count). The van der Waals surface area contributed by atoms with Crippen LogP contribution in [0.1, 0.15) is 37.5 Å². The number of amides is 1. The van der Waals surface area contributed by atoms with E-state index in [1.165, 1.54) is 4.88 Å². The van der Waals surface area contributed by atoms with E-state index in [-0.39, 0.29) is 11.8 Å². The van der Waals surface area contributed by atoms with Gasteiger partial charge in [-0.3, -0.25) is 4.79 Å². The predicted molar refractivity (Wildman–Crippen MR) is 92.9 cm³/mol. The van der Waals surface area contributed by atoms with Gasteiger partial charge in [0.25, 0.3) is 0 Å². The quantitative estimate of drug-likeness (QED) is 0.936. The van der Waals surface area contributed by atoms with Gasteiger partial charge in [-0.1, -0.05) is 6.92 Å². The average molecular weight is 330 g/mol. The fraction of sp³-hybridized carbons (Fsp3) is 0.588. The summed E-state index contributed by atoms with van der Waals surface area (Å²) in [5.74, 6) is 1.30. The van der Waals surface area contributed by atoms with Gasteiger partial charge in [0.1, 0.15) is 17.0 Å². The molecule has 0 aromatic carbocycles. The standard InChI is InChI=1S/C17H22N4OS/c1-2-13-8-14-15(18-10-19-17(14)23-13)21-7-3-4-11(9-21)16(22)20-12-5-6-12/h8,10-12H,2-7,9H2,1H3,(H,20,22)/t11-/m0/s1. The van der Waals surface area contributed by atoms with Gasteiger partial charge < -0.3 is 10.2 Å². The Morgan fingerprint density at radius 1 is 1.39 bits per heavy atom. The molecule has 5 nitrogen and oxygen atoms in total. The molecule has 1 saturated heterocycles. The first-order valence-corrected chi connectivity index (χ1v) is 9.35. The normalized spacial score (nSPS) is 21.6. The van der Waals surface area contributed by atoms with Crippen molar-refractivity contribution in [3.8, 4) is 0 Å². The van der Waals surface area contributed by atoms with Crippen molar-refractivity contribution in [1.29, 1.82) is 0 Å². The highest BCUT2D eigenvalue weighted by atomic mass is 32.1. The number of hydrogen-bond donors (Lipinski definition) is 1. The average Bonchev–Trinajstić information content (AvgIpc) is 3.29. The summed E-state index contributed by atoms with van der Waals surface area (Å²) >= 11 is 1.74. The van der Waals surface area contributed by atoms with Gasteiger partial charge in [0.15, 0.2) is 0 Å². The molecule has 1 N–H and O–H groups in total. The molecule has 1 amide bonds. The Labute approximate surface area is 140 Å². The molecule has 2 aromatic heterocycles. The van der Waals surface area contributed by atoms with Crippen molar-refractivity contribution in [1.82, 2.24) is 15.3 Å². The SMILES string of the molecule is CCc1cc2c(N3CCC[C@H](C(=O)NC4CC4)C3)ncnc2s1. The van der Waals surface area contributed by atoms with Crippen LogP contribution in [-0.2, 0) is 11.2 Å². The van der Waals surface area contributed by atoms with Crippen LogP contribution in [0.25, 0.3) is 10.2 Å². The number of nitrogens with one attached hydrogen (secondary N) is 1. The summed E-state index contributed by atoms with van der Waals surface area (Å²) in [6.45, 7) is 3.90. The van der Waals surface area contributed by atoms with E-state index in [0.29, 0.717) is 6.04 Å². The number of anilines is 1. The number of aromatic nitrogens is 2. The lowest BCUT2D eigenvalue weighted by Crippen LogP contribution is -2.44. The highest BCUT2D eigenvalue weighted by Crippen LogP contribution is 2.32. The van der Waals surface area contributed by atoms with Gasteiger partial charge in [0, 0.05) is 24.0 Å². The molecule has 2 aliphatic rings. The second-order valence-corrected chi connectivity index (χ2v) is 7.67. The zero-order valence-corrected chi connectivity index (χ0v) is 14.2. The first-order valence-electron chi connectivity index (χ1n) is 8.53. The highest BCUT2D eigenvalue weighted by molar-refractivity contribution is 7.18. The predicted octanol–water partition coefficient (Wildman–Crippen LogP) is 2.75. The summed E-state index contributed by atoms with van der Waals surface area (Å²) in [6.07, 6.45) is 6.98. The van der Waals surface area contributed by atoms with E-state index >= 15 is 0 Å². The van der Waals surface area contributed by atoms with Crippen molar-refractivity contribution < 1.29 is 4.79 Å². The van der Waals surface area contributed by atoms with Crippen molar-refractivity contribution in [2.75, 3.05) is 18.0 Å². The number of rotatable bonds is 4. The fourth-order valence-electron chi connectivity index (χ4n) is 3.25. The maximum Gasteiger partial charge on any atom is 0.225 e. The van der Waals surface area contributed by atoms with Crippen molar-refractivity contribution in [2.45, 2.75) is 45.1 Å². The first-order chi connectivity index (χ1) is 11.2. The molecular weight excluding hydrogens is 308 g/mol. The molecule has 1 aliphatic carbocycles. The molecule has 2 fully saturated rings. The third-order valence-corrected chi connectivity index (χ3v) is 5.91. The lowest BCUT2D eigenvalue weighted by atomic mass is 9.97. The van der Waals surface area contributed by atoms with Gasteiger partial charge in [-0.2, -0.15) is 0 Å². The lowest BCUT2D eigenvalue weighted by molar-refractivity contribution is -0.125. The second-order valence-electron chi connectivity index (χ2n) is 6.55. The summed E-state index contributed by atoms with van der Waals surface area (Å²) in [5, 5.41) is 4.29. The third kappa shape index (κ3) is 3.04. The Morgan fingerprint density at radius 3 is 3.04 bits per heavy atom. The number of nitrogens with zero attached hydrogens (tertiary/aromatic N) is 3. The van der Waals surface area contributed by atoms with Gasteiger partial charge in [-0.05, 0) is 38.2 Å². The number of hydrogen-bond acceptors (Lipinski definition) is 5. The van der Waals surface area contributed by atoms with Crippen LogP contribution in [0.15, 0.2) is 12.4 Å². The van der Waals surface area contributed by atoms with E-state index in [1.54, 1.807) is 17.7 Å². The van der Waals surface area contributed by atoms with Gasteiger partial charge in [0.2, 0.25) is 5.91 Å². The maximum absolute atomic E-state index is 12.4. The van der Waals surface area contributed by atoms with Gasteiger partial charge >= 0.3 is 0 Å². The molecule has 6 heteroatoms. The van der Waals surface area contributed by atoms with Crippen molar-refractivity contribution >= 4 is 33.3 Å². The monoisotopic (exact) mass is 330 g/mol. The topological polar surface area (TPSA) is 58.1 Å².